The van der Waals surface area contributed by atoms with Gasteiger partial charge < -0.3 is 10.5 Å². The molecule has 0 amide bonds. The van der Waals surface area contributed by atoms with Crippen molar-refractivity contribution in [3.05, 3.63) is 48.2 Å². The molecule has 2 N–H and O–H groups in total. The molecule has 0 atom stereocenters. The maximum atomic E-state index is 5.62. The Kier molecular flexibility index (Phi) is 2.89. The number of hydrogen-bond acceptors (Lipinski definition) is 4. The van der Waals surface area contributed by atoms with Crippen molar-refractivity contribution < 1.29 is 4.74 Å². The molecule has 0 fully saturated rings. The molecule has 0 unspecified atom stereocenters. The Bertz CT molecular complexity index is 720. The minimum atomic E-state index is 0.490. The summed E-state index contributed by atoms with van der Waals surface area (Å²) in [6.45, 7) is 0.490. The number of nitrogens with two attached hydrogens (primary N) is 1. The maximum absolute atomic E-state index is 5.62. The standard InChI is InChI=1S/C14H14N4O/c1-19-12-4-2-3-11(7-12)14-16-13-6-5-10(8-15)9-18(13)17-14/h2-7,9H,8,15H2,1H3. The van der Waals surface area contributed by atoms with Gasteiger partial charge in [0.05, 0.1) is 7.11 Å². The van der Waals surface area contributed by atoms with Gasteiger partial charge in [0.1, 0.15) is 5.75 Å². The molecule has 2 heterocycles. The second-order valence-corrected chi connectivity index (χ2v) is 4.21. The molecule has 5 nitrogen and oxygen atoms in total. The van der Waals surface area contributed by atoms with Gasteiger partial charge in [0, 0.05) is 18.3 Å². The third kappa shape index (κ3) is 2.15. The molecule has 96 valence electrons. The monoisotopic (exact) mass is 254 g/mol. The molecule has 3 aromatic rings. The number of nitrogens with zero attached hydrogens (tertiary/aromatic N) is 3. The molecular weight excluding hydrogens is 240 g/mol. The average molecular weight is 254 g/mol. The van der Waals surface area contributed by atoms with Gasteiger partial charge in [-0.15, -0.1) is 5.10 Å². The molecule has 19 heavy (non-hydrogen) atoms. The normalized spacial score (nSPS) is 10.8. The lowest BCUT2D eigenvalue weighted by Crippen LogP contribution is -1.98. The quantitative estimate of drug-likeness (QED) is 0.774. The van der Waals surface area contributed by atoms with Gasteiger partial charge in [0.15, 0.2) is 11.5 Å². The van der Waals surface area contributed by atoms with Gasteiger partial charge in [-0.2, -0.15) is 0 Å². The Hall–Kier alpha value is -2.40. The number of aromatic nitrogens is 3. The second kappa shape index (κ2) is 4.70. The summed E-state index contributed by atoms with van der Waals surface area (Å²) in [6, 6.07) is 11.6. The summed E-state index contributed by atoms with van der Waals surface area (Å²) in [6.07, 6.45) is 1.89. The van der Waals surface area contributed by atoms with Crippen molar-refractivity contribution >= 4 is 5.65 Å². The van der Waals surface area contributed by atoms with Crippen molar-refractivity contribution in [1.82, 2.24) is 14.6 Å². The minimum Gasteiger partial charge on any atom is -0.497 e. The highest BCUT2D eigenvalue weighted by atomic mass is 16.5. The summed E-state index contributed by atoms with van der Waals surface area (Å²) < 4.78 is 6.96. The van der Waals surface area contributed by atoms with E-state index in [2.05, 4.69) is 10.1 Å². The Morgan fingerprint density at radius 3 is 2.95 bits per heavy atom. The number of pyridine rings is 1. The lowest BCUT2D eigenvalue weighted by molar-refractivity contribution is 0.415. The third-order valence-electron chi connectivity index (χ3n) is 2.96. The topological polar surface area (TPSA) is 65.4 Å². The molecule has 3 rings (SSSR count). The number of methoxy groups -OCH3 is 1. The van der Waals surface area contributed by atoms with E-state index >= 15 is 0 Å². The van der Waals surface area contributed by atoms with Crippen molar-refractivity contribution in [1.29, 1.82) is 0 Å². The van der Waals surface area contributed by atoms with Crippen LogP contribution in [0.4, 0.5) is 0 Å². The number of ether oxygens (including phenoxy) is 1. The lowest BCUT2D eigenvalue weighted by atomic mass is 10.2. The van der Waals surface area contributed by atoms with E-state index < -0.39 is 0 Å². The zero-order valence-corrected chi connectivity index (χ0v) is 10.6. The predicted molar refractivity (Wildman–Crippen MR) is 72.9 cm³/mol. The smallest absolute Gasteiger partial charge is 0.182 e. The van der Waals surface area contributed by atoms with Crippen molar-refractivity contribution in [3.8, 4) is 17.1 Å². The van der Waals surface area contributed by atoms with Crippen molar-refractivity contribution in [2.24, 2.45) is 5.73 Å². The van der Waals surface area contributed by atoms with Gasteiger partial charge in [-0.25, -0.2) is 9.50 Å². The zero-order chi connectivity index (χ0) is 13.2. The highest BCUT2D eigenvalue weighted by Crippen LogP contribution is 2.21. The molecule has 0 aliphatic heterocycles. The fraction of sp³-hybridized carbons (Fsp3) is 0.143. The molecule has 0 radical (unpaired) electrons. The fourth-order valence-electron chi connectivity index (χ4n) is 1.93. The third-order valence-corrected chi connectivity index (χ3v) is 2.96. The number of benzene rings is 1. The van der Waals surface area contributed by atoms with Gasteiger partial charge in [0.2, 0.25) is 0 Å². The number of fused-ring (bicyclic) bond motifs is 1. The molecule has 0 aliphatic rings. The molecule has 0 saturated carbocycles. The summed E-state index contributed by atoms with van der Waals surface area (Å²) in [5.74, 6) is 1.46. The first kappa shape index (κ1) is 11.7. The Balaban J connectivity index is 2.09. The lowest BCUT2D eigenvalue weighted by Gasteiger charge is -2.00. The van der Waals surface area contributed by atoms with Crippen molar-refractivity contribution in [2.45, 2.75) is 6.54 Å². The zero-order valence-electron chi connectivity index (χ0n) is 10.6. The van der Waals surface area contributed by atoms with Crippen LogP contribution >= 0.6 is 0 Å². The van der Waals surface area contributed by atoms with Crippen LogP contribution in [0.5, 0.6) is 5.75 Å². The second-order valence-electron chi connectivity index (χ2n) is 4.21. The first-order chi connectivity index (χ1) is 9.30. The predicted octanol–water partition coefficient (Wildman–Crippen LogP) is 1.86. The molecular formula is C14H14N4O. The van der Waals surface area contributed by atoms with Crippen molar-refractivity contribution in [2.75, 3.05) is 7.11 Å². The van der Waals surface area contributed by atoms with E-state index in [0.717, 1.165) is 22.5 Å². The van der Waals surface area contributed by atoms with Gasteiger partial charge in [-0.3, -0.25) is 0 Å². The first-order valence-electron chi connectivity index (χ1n) is 6.00. The summed E-state index contributed by atoms with van der Waals surface area (Å²) in [7, 11) is 1.64. The summed E-state index contributed by atoms with van der Waals surface area (Å²) in [5.41, 5.74) is 8.37. The Labute approximate surface area is 110 Å². The van der Waals surface area contributed by atoms with E-state index in [9.17, 15) is 0 Å². The van der Waals surface area contributed by atoms with Crippen LogP contribution in [-0.4, -0.2) is 21.7 Å². The molecule has 0 spiro atoms. The SMILES string of the molecule is COc1cccc(-c2nc3ccc(CN)cn3n2)c1. The molecule has 0 bridgehead atoms. The summed E-state index contributed by atoms with van der Waals surface area (Å²) in [5, 5.41) is 4.46. The molecule has 0 aliphatic carbocycles. The highest BCUT2D eigenvalue weighted by molar-refractivity contribution is 5.60. The van der Waals surface area contributed by atoms with Gasteiger partial charge in [0.25, 0.3) is 0 Å². The number of hydrogen-bond donors (Lipinski definition) is 1. The molecule has 2 aromatic heterocycles. The average Bonchev–Trinajstić information content (AvgIpc) is 2.90. The van der Waals surface area contributed by atoms with Crippen LogP contribution in [0.1, 0.15) is 5.56 Å². The van der Waals surface area contributed by atoms with Crippen LogP contribution in [0.15, 0.2) is 42.6 Å². The molecule has 1 aromatic carbocycles. The minimum absolute atomic E-state index is 0.490. The summed E-state index contributed by atoms with van der Waals surface area (Å²) >= 11 is 0. The van der Waals surface area contributed by atoms with E-state index in [1.54, 1.807) is 11.6 Å². The fourth-order valence-corrected chi connectivity index (χ4v) is 1.93. The van der Waals surface area contributed by atoms with Gasteiger partial charge >= 0.3 is 0 Å². The van der Waals surface area contributed by atoms with E-state index in [1.165, 1.54) is 0 Å². The van der Waals surface area contributed by atoms with E-state index in [0.29, 0.717) is 12.4 Å². The highest BCUT2D eigenvalue weighted by Gasteiger charge is 2.07. The van der Waals surface area contributed by atoms with Crippen LogP contribution in [-0.2, 0) is 6.54 Å². The largest absolute Gasteiger partial charge is 0.497 e. The molecule has 0 saturated heterocycles. The van der Waals surface area contributed by atoms with E-state index in [4.69, 9.17) is 10.5 Å². The van der Waals surface area contributed by atoms with E-state index in [-0.39, 0.29) is 0 Å². The van der Waals surface area contributed by atoms with Crippen molar-refractivity contribution in [3.63, 3.8) is 0 Å². The van der Waals surface area contributed by atoms with Crippen LogP contribution in [0.3, 0.4) is 0 Å². The molecule has 5 heteroatoms. The van der Waals surface area contributed by atoms with Crippen LogP contribution in [0.25, 0.3) is 17.0 Å². The summed E-state index contributed by atoms with van der Waals surface area (Å²) in [4.78, 5) is 4.49. The first-order valence-corrected chi connectivity index (χ1v) is 6.00. The van der Waals surface area contributed by atoms with E-state index in [1.807, 2.05) is 42.6 Å². The van der Waals surface area contributed by atoms with Gasteiger partial charge in [-0.1, -0.05) is 18.2 Å². The number of rotatable bonds is 3. The van der Waals surface area contributed by atoms with Crippen LogP contribution in [0, 0.1) is 0 Å². The van der Waals surface area contributed by atoms with Gasteiger partial charge in [-0.05, 0) is 23.8 Å². The van der Waals surface area contributed by atoms with Crippen LogP contribution < -0.4 is 10.5 Å². The Morgan fingerprint density at radius 2 is 2.16 bits per heavy atom. The van der Waals surface area contributed by atoms with Crippen LogP contribution in [0.2, 0.25) is 0 Å². The Morgan fingerprint density at radius 1 is 1.26 bits per heavy atom. The maximum Gasteiger partial charge on any atom is 0.182 e.